The van der Waals surface area contributed by atoms with Crippen molar-refractivity contribution in [2.24, 2.45) is 11.1 Å². The largest absolute Gasteiger partial charge is 0.399 e. The van der Waals surface area contributed by atoms with Gasteiger partial charge in [-0.25, -0.2) is 0 Å². The van der Waals surface area contributed by atoms with E-state index in [0.29, 0.717) is 0 Å². The third kappa shape index (κ3) is 38.2. The van der Waals surface area contributed by atoms with Crippen molar-refractivity contribution in [2.75, 3.05) is 26.7 Å². The Balaban J connectivity index is 4.15. The molecule has 0 heterocycles. The maximum Gasteiger partial charge on any atom is 0.106 e. The van der Waals surface area contributed by atoms with Crippen LogP contribution in [0.4, 0.5) is 0 Å². The average Bonchev–Trinajstić information content (AvgIpc) is 3.10. The van der Waals surface area contributed by atoms with Crippen molar-refractivity contribution in [1.82, 2.24) is 4.90 Å². The van der Waals surface area contributed by atoms with Gasteiger partial charge < -0.3 is 9.74 Å². The lowest BCUT2D eigenvalue weighted by Gasteiger charge is -2.22. The third-order valence-corrected chi connectivity index (χ3v) is 10.8. The van der Waals surface area contributed by atoms with E-state index in [9.17, 15) is 0 Å². The molecule has 0 aromatic carbocycles. The Morgan fingerprint density at radius 3 is 1.02 bits per heavy atom. The van der Waals surface area contributed by atoms with Gasteiger partial charge in [0.05, 0.1) is 0 Å². The fourth-order valence-corrected chi connectivity index (χ4v) is 7.56. The molecule has 0 spiro atoms. The summed E-state index contributed by atoms with van der Waals surface area (Å²) in [6, 6.07) is 0. The van der Waals surface area contributed by atoms with Gasteiger partial charge in [0.1, 0.15) is 7.11 Å². The van der Waals surface area contributed by atoms with Crippen LogP contribution >= 0.6 is 0 Å². The second-order valence-electron chi connectivity index (χ2n) is 15.6. The minimum absolute atomic E-state index is 1.00. The SMILES string of the molecule is CCCCCCCCCCCCCCCCN(CCC/C=N/OC)CCCCCCCC(CCCCCCCC)CCCCCCCC. The zero-order chi connectivity index (χ0) is 34.9. The van der Waals surface area contributed by atoms with Crippen LogP contribution in [0.3, 0.4) is 0 Å². The second-order valence-corrected chi connectivity index (χ2v) is 15.6. The highest BCUT2D eigenvalue weighted by molar-refractivity contribution is 5.56. The maximum absolute atomic E-state index is 4.86. The van der Waals surface area contributed by atoms with Gasteiger partial charge in [-0.3, -0.25) is 0 Å². The Morgan fingerprint density at radius 2 is 0.688 bits per heavy atom. The molecule has 0 aromatic rings. The van der Waals surface area contributed by atoms with E-state index < -0.39 is 0 Å². The van der Waals surface area contributed by atoms with E-state index in [1.165, 1.54) is 244 Å². The Kier molecular flexibility index (Phi) is 42.1. The van der Waals surface area contributed by atoms with Crippen LogP contribution in [-0.4, -0.2) is 37.9 Å². The normalized spacial score (nSPS) is 12.0. The van der Waals surface area contributed by atoms with Crippen LogP contribution in [-0.2, 0) is 4.84 Å². The van der Waals surface area contributed by atoms with Crippen LogP contribution in [0.1, 0.15) is 252 Å². The molecule has 0 rings (SSSR count). The Bertz CT molecular complexity index is 578. The maximum atomic E-state index is 4.86. The monoisotopic (exact) mass is 677 g/mol. The number of hydrogen-bond acceptors (Lipinski definition) is 3. The van der Waals surface area contributed by atoms with Crippen LogP contribution in [0.25, 0.3) is 0 Å². The molecule has 0 radical (unpaired) electrons. The molecule has 0 aliphatic heterocycles. The molecule has 48 heavy (non-hydrogen) atoms. The smallest absolute Gasteiger partial charge is 0.106 e. The van der Waals surface area contributed by atoms with Crippen molar-refractivity contribution < 1.29 is 4.84 Å². The summed E-state index contributed by atoms with van der Waals surface area (Å²) in [4.78, 5) is 7.62. The molecule has 0 amide bonds. The summed E-state index contributed by atoms with van der Waals surface area (Å²) >= 11 is 0. The van der Waals surface area contributed by atoms with Crippen molar-refractivity contribution in [1.29, 1.82) is 0 Å². The van der Waals surface area contributed by atoms with Gasteiger partial charge in [0.15, 0.2) is 0 Å². The van der Waals surface area contributed by atoms with E-state index in [1.807, 2.05) is 6.21 Å². The third-order valence-electron chi connectivity index (χ3n) is 10.8. The van der Waals surface area contributed by atoms with Crippen molar-refractivity contribution >= 4 is 6.21 Å². The van der Waals surface area contributed by atoms with E-state index in [1.54, 1.807) is 7.11 Å². The summed E-state index contributed by atoms with van der Waals surface area (Å²) in [5.74, 6) is 1.00. The van der Waals surface area contributed by atoms with Crippen LogP contribution in [0.15, 0.2) is 5.16 Å². The van der Waals surface area contributed by atoms with Crippen LogP contribution < -0.4 is 0 Å². The molecule has 0 fully saturated rings. The summed E-state index contributed by atoms with van der Waals surface area (Å²) in [5, 5.41) is 3.95. The molecule has 288 valence electrons. The second kappa shape index (κ2) is 42.6. The lowest BCUT2D eigenvalue weighted by Crippen LogP contribution is -2.27. The molecule has 0 saturated heterocycles. The predicted molar refractivity (Wildman–Crippen MR) is 219 cm³/mol. The van der Waals surface area contributed by atoms with Gasteiger partial charge in [0.2, 0.25) is 0 Å². The molecule has 0 N–H and O–H groups in total. The highest BCUT2D eigenvalue weighted by Gasteiger charge is 2.09. The molecule has 3 nitrogen and oxygen atoms in total. The standard InChI is InChI=1S/C45H92N2O/c1-5-8-11-14-17-18-19-20-21-22-23-24-29-35-42-47(44-37-34-41-46-48-4)43-36-30-25-28-33-40-45(38-31-26-15-12-9-6-2)39-32-27-16-13-10-7-3/h41,45H,5-40,42-44H2,1-4H3/b46-41+. The van der Waals surface area contributed by atoms with Crippen molar-refractivity contribution in [3.05, 3.63) is 0 Å². The molecule has 0 aliphatic rings. The molecule has 0 unspecified atom stereocenters. The van der Waals surface area contributed by atoms with Gasteiger partial charge in [-0.05, 0) is 51.2 Å². The van der Waals surface area contributed by atoms with Crippen molar-refractivity contribution in [3.63, 3.8) is 0 Å². The van der Waals surface area contributed by atoms with Gasteiger partial charge in [-0.1, -0.05) is 231 Å². The highest BCUT2D eigenvalue weighted by atomic mass is 16.6. The van der Waals surface area contributed by atoms with E-state index in [-0.39, 0.29) is 0 Å². The van der Waals surface area contributed by atoms with Crippen LogP contribution in [0.2, 0.25) is 0 Å². The molecule has 0 aromatic heterocycles. The quantitative estimate of drug-likeness (QED) is 0.0365. The number of nitrogens with zero attached hydrogens (tertiary/aromatic N) is 2. The molecular formula is C45H92N2O. The Hall–Kier alpha value is -0.570. The number of rotatable bonds is 42. The fraction of sp³-hybridized carbons (Fsp3) is 0.978. The lowest BCUT2D eigenvalue weighted by atomic mass is 9.89. The summed E-state index contributed by atoms with van der Waals surface area (Å²) in [5.41, 5.74) is 0. The summed E-state index contributed by atoms with van der Waals surface area (Å²) in [7, 11) is 1.64. The van der Waals surface area contributed by atoms with Crippen molar-refractivity contribution in [2.45, 2.75) is 252 Å². The van der Waals surface area contributed by atoms with E-state index in [2.05, 4.69) is 30.8 Å². The van der Waals surface area contributed by atoms with Crippen LogP contribution in [0, 0.1) is 5.92 Å². The predicted octanol–water partition coefficient (Wildman–Crippen LogP) is 15.6. The molecule has 0 aliphatic carbocycles. The number of oxime groups is 1. The summed E-state index contributed by atoms with van der Waals surface area (Å²) < 4.78 is 0. The first-order valence-corrected chi connectivity index (χ1v) is 22.6. The summed E-state index contributed by atoms with van der Waals surface area (Å²) in [6.07, 6.45) is 53.4. The van der Waals surface area contributed by atoms with E-state index >= 15 is 0 Å². The summed E-state index contributed by atoms with van der Waals surface area (Å²) in [6.45, 7) is 10.8. The molecular weight excluding hydrogens is 585 g/mol. The molecule has 3 heteroatoms. The zero-order valence-electron chi connectivity index (χ0n) is 34.0. The average molecular weight is 677 g/mol. The topological polar surface area (TPSA) is 24.8 Å². The van der Waals surface area contributed by atoms with Gasteiger partial charge in [-0.2, -0.15) is 0 Å². The first kappa shape index (κ1) is 47.4. The van der Waals surface area contributed by atoms with Crippen LogP contribution in [0.5, 0.6) is 0 Å². The van der Waals surface area contributed by atoms with Gasteiger partial charge in [-0.15, -0.1) is 0 Å². The number of unbranched alkanes of at least 4 members (excludes halogenated alkanes) is 28. The minimum atomic E-state index is 1.00. The molecule has 0 bridgehead atoms. The fourth-order valence-electron chi connectivity index (χ4n) is 7.56. The first-order chi connectivity index (χ1) is 23.8. The first-order valence-electron chi connectivity index (χ1n) is 22.6. The molecule has 0 saturated carbocycles. The number of hydrogen-bond donors (Lipinski definition) is 0. The minimum Gasteiger partial charge on any atom is -0.399 e. The highest BCUT2D eigenvalue weighted by Crippen LogP contribution is 2.25. The Labute approximate surface area is 305 Å². The van der Waals surface area contributed by atoms with Gasteiger partial charge >= 0.3 is 0 Å². The molecule has 0 atom stereocenters. The van der Waals surface area contributed by atoms with E-state index in [4.69, 9.17) is 4.84 Å². The van der Waals surface area contributed by atoms with Gasteiger partial charge in [0, 0.05) is 6.21 Å². The zero-order valence-corrected chi connectivity index (χ0v) is 34.0. The Morgan fingerprint density at radius 1 is 0.396 bits per heavy atom. The lowest BCUT2D eigenvalue weighted by molar-refractivity contribution is 0.214. The van der Waals surface area contributed by atoms with E-state index in [0.717, 1.165) is 12.3 Å². The van der Waals surface area contributed by atoms with Gasteiger partial charge in [0.25, 0.3) is 0 Å². The van der Waals surface area contributed by atoms with Crippen molar-refractivity contribution in [3.8, 4) is 0 Å².